The van der Waals surface area contributed by atoms with Gasteiger partial charge in [-0.2, -0.15) is 0 Å². The summed E-state index contributed by atoms with van der Waals surface area (Å²) < 4.78 is 0. The number of carbonyl (C=O) groups is 1. The number of hydrogen-bond donors (Lipinski definition) is 1. The maximum Gasteiger partial charge on any atom is 0.272 e. The Balaban J connectivity index is 2.73. The van der Waals surface area contributed by atoms with Crippen LogP contribution >= 0.6 is 0 Å². The van der Waals surface area contributed by atoms with Gasteiger partial charge in [-0.05, 0) is 53.9 Å². The van der Waals surface area contributed by atoms with Crippen LogP contribution in [0, 0.1) is 6.92 Å². The lowest BCUT2D eigenvalue weighted by molar-refractivity contribution is 0.0767. The van der Waals surface area contributed by atoms with Gasteiger partial charge in [0.2, 0.25) is 5.95 Å². The van der Waals surface area contributed by atoms with Crippen LogP contribution in [0.15, 0.2) is 6.07 Å². The molecule has 1 heterocycles. The minimum atomic E-state index is -0.0400. The van der Waals surface area contributed by atoms with Gasteiger partial charge in [0.05, 0.1) is 0 Å². The van der Waals surface area contributed by atoms with Gasteiger partial charge in [-0.25, -0.2) is 9.97 Å². The lowest BCUT2D eigenvalue weighted by Gasteiger charge is -2.18. The maximum atomic E-state index is 12.3. The molecule has 1 N–H and O–H groups in total. The molecule has 0 aliphatic heterocycles. The van der Waals surface area contributed by atoms with Crippen LogP contribution in [0.3, 0.4) is 0 Å². The molecule has 0 unspecified atom stereocenters. The predicted molar refractivity (Wildman–Crippen MR) is 85.7 cm³/mol. The fourth-order valence-electron chi connectivity index (χ4n) is 2.03. The van der Waals surface area contributed by atoms with E-state index in [0.717, 1.165) is 25.2 Å². The SMILES string of the molecule is CCN(CC)C(=O)c1cc(C)nc(NCCCN(C)C)n1. The average Bonchev–Trinajstić information content (AvgIpc) is 2.44. The fraction of sp³-hybridized carbons (Fsp3) is 0.667. The molecule has 0 atom stereocenters. The van der Waals surface area contributed by atoms with E-state index in [1.165, 1.54) is 0 Å². The van der Waals surface area contributed by atoms with E-state index in [1.807, 2.05) is 34.9 Å². The Morgan fingerprint density at radius 3 is 2.48 bits per heavy atom. The molecule has 0 saturated heterocycles. The van der Waals surface area contributed by atoms with Gasteiger partial charge in [0, 0.05) is 25.3 Å². The van der Waals surface area contributed by atoms with Crippen LogP contribution in [0.2, 0.25) is 0 Å². The van der Waals surface area contributed by atoms with E-state index in [2.05, 4.69) is 20.2 Å². The molecule has 0 aromatic carbocycles. The Hall–Kier alpha value is -1.69. The molecule has 0 saturated carbocycles. The number of nitrogens with one attached hydrogen (secondary N) is 1. The highest BCUT2D eigenvalue weighted by Gasteiger charge is 2.15. The zero-order valence-corrected chi connectivity index (χ0v) is 13.8. The number of rotatable bonds is 8. The normalized spacial score (nSPS) is 10.8. The van der Waals surface area contributed by atoms with Gasteiger partial charge >= 0.3 is 0 Å². The molecule has 0 spiro atoms. The van der Waals surface area contributed by atoms with Crippen molar-refractivity contribution in [1.82, 2.24) is 19.8 Å². The zero-order valence-electron chi connectivity index (χ0n) is 13.8. The summed E-state index contributed by atoms with van der Waals surface area (Å²) in [6.07, 6.45) is 1.00. The van der Waals surface area contributed by atoms with E-state index in [9.17, 15) is 4.79 Å². The zero-order chi connectivity index (χ0) is 15.8. The van der Waals surface area contributed by atoms with Crippen molar-refractivity contribution in [2.45, 2.75) is 27.2 Å². The molecule has 0 bridgehead atoms. The monoisotopic (exact) mass is 293 g/mol. The van der Waals surface area contributed by atoms with Crippen LogP contribution in [0.25, 0.3) is 0 Å². The van der Waals surface area contributed by atoms with Gasteiger partial charge in [-0.3, -0.25) is 4.79 Å². The number of anilines is 1. The van der Waals surface area contributed by atoms with Gasteiger partial charge < -0.3 is 15.1 Å². The molecule has 0 fully saturated rings. The lowest BCUT2D eigenvalue weighted by atomic mass is 10.3. The molecule has 1 rings (SSSR count). The van der Waals surface area contributed by atoms with E-state index in [0.29, 0.717) is 24.7 Å². The van der Waals surface area contributed by atoms with Gasteiger partial charge in [-0.15, -0.1) is 0 Å². The molecule has 118 valence electrons. The minimum Gasteiger partial charge on any atom is -0.354 e. The summed E-state index contributed by atoms with van der Waals surface area (Å²) in [5, 5.41) is 3.19. The highest BCUT2D eigenvalue weighted by atomic mass is 16.2. The summed E-state index contributed by atoms with van der Waals surface area (Å²) in [4.78, 5) is 24.9. The molecule has 0 aliphatic carbocycles. The average molecular weight is 293 g/mol. The number of aryl methyl sites for hydroxylation is 1. The first-order chi connectivity index (χ1) is 9.97. The number of amides is 1. The smallest absolute Gasteiger partial charge is 0.272 e. The molecule has 1 aromatic heterocycles. The third-order valence-corrected chi connectivity index (χ3v) is 3.19. The Morgan fingerprint density at radius 2 is 1.90 bits per heavy atom. The first kappa shape index (κ1) is 17.4. The molecule has 6 heteroatoms. The molecular weight excluding hydrogens is 266 g/mol. The van der Waals surface area contributed by atoms with E-state index in [1.54, 1.807) is 11.0 Å². The quantitative estimate of drug-likeness (QED) is 0.738. The largest absolute Gasteiger partial charge is 0.354 e. The van der Waals surface area contributed by atoms with Crippen molar-refractivity contribution in [2.75, 3.05) is 45.6 Å². The Morgan fingerprint density at radius 1 is 1.24 bits per heavy atom. The fourth-order valence-corrected chi connectivity index (χ4v) is 2.03. The Labute approximate surface area is 127 Å². The predicted octanol–water partition coefficient (Wildman–Crippen LogP) is 1.63. The van der Waals surface area contributed by atoms with E-state index >= 15 is 0 Å². The van der Waals surface area contributed by atoms with Gasteiger partial charge in [0.1, 0.15) is 5.69 Å². The topological polar surface area (TPSA) is 61.4 Å². The second-order valence-electron chi connectivity index (χ2n) is 5.28. The van der Waals surface area contributed by atoms with Crippen LogP contribution in [0.4, 0.5) is 5.95 Å². The summed E-state index contributed by atoms with van der Waals surface area (Å²) in [6.45, 7) is 8.98. The minimum absolute atomic E-state index is 0.0400. The van der Waals surface area contributed by atoms with Crippen molar-refractivity contribution in [2.24, 2.45) is 0 Å². The van der Waals surface area contributed by atoms with Crippen molar-refractivity contribution >= 4 is 11.9 Å². The summed E-state index contributed by atoms with van der Waals surface area (Å²) in [5.41, 5.74) is 1.26. The van der Waals surface area contributed by atoms with E-state index in [-0.39, 0.29) is 5.91 Å². The molecule has 21 heavy (non-hydrogen) atoms. The number of carbonyl (C=O) groups excluding carboxylic acids is 1. The summed E-state index contributed by atoms with van der Waals surface area (Å²) in [5.74, 6) is 0.492. The first-order valence-electron chi connectivity index (χ1n) is 7.51. The van der Waals surface area contributed by atoms with Crippen LogP contribution < -0.4 is 5.32 Å². The Kier molecular flexibility index (Phi) is 7.08. The Bertz CT molecular complexity index is 457. The van der Waals surface area contributed by atoms with Crippen molar-refractivity contribution in [3.8, 4) is 0 Å². The third kappa shape index (κ3) is 5.67. The van der Waals surface area contributed by atoms with Crippen molar-refractivity contribution in [3.63, 3.8) is 0 Å². The lowest BCUT2D eigenvalue weighted by Crippen LogP contribution is -2.31. The maximum absolute atomic E-state index is 12.3. The number of hydrogen-bond acceptors (Lipinski definition) is 5. The first-order valence-corrected chi connectivity index (χ1v) is 7.51. The number of nitrogens with zero attached hydrogens (tertiary/aromatic N) is 4. The van der Waals surface area contributed by atoms with Gasteiger partial charge in [0.25, 0.3) is 5.91 Å². The van der Waals surface area contributed by atoms with Crippen molar-refractivity contribution in [1.29, 1.82) is 0 Å². The number of aromatic nitrogens is 2. The van der Waals surface area contributed by atoms with E-state index in [4.69, 9.17) is 0 Å². The molecule has 1 aromatic rings. The van der Waals surface area contributed by atoms with Crippen LogP contribution in [0.1, 0.15) is 36.5 Å². The van der Waals surface area contributed by atoms with Crippen LogP contribution in [0.5, 0.6) is 0 Å². The third-order valence-electron chi connectivity index (χ3n) is 3.19. The van der Waals surface area contributed by atoms with Crippen LogP contribution in [-0.4, -0.2) is 65.9 Å². The van der Waals surface area contributed by atoms with Gasteiger partial charge in [0.15, 0.2) is 0 Å². The molecule has 0 aliphatic rings. The summed E-state index contributed by atoms with van der Waals surface area (Å²) in [6, 6.07) is 1.74. The van der Waals surface area contributed by atoms with Crippen molar-refractivity contribution in [3.05, 3.63) is 17.5 Å². The second kappa shape index (κ2) is 8.56. The standard InChI is InChI=1S/C15H27N5O/c1-6-20(7-2)14(21)13-11-12(3)17-15(18-13)16-9-8-10-19(4)5/h11H,6-10H2,1-5H3,(H,16,17,18). The van der Waals surface area contributed by atoms with Crippen LogP contribution in [-0.2, 0) is 0 Å². The summed E-state index contributed by atoms with van der Waals surface area (Å²) in [7, 11) is 4.09. The second-order valence-corrected chi connectivity index (χ2v) is 5.28. The van der Waals surface area contributed by atoms with E-state index < -0.39 is 0 Å². The van der Waals surface area contributed by atoms with Crippen molar-refractivity contribution < 1.29 is 4.79 Å². The summed E-state index contributed by atoms with van der Waals surface area (Å²) >= 11 is 0. The highest BCUT2D eigenvalue weighted by molar-refractivity contribution is 5.92. The molecule has 6 nitrogen and oxygen atoms in total. The highest BCUT2D eigenvalue weighted by Crippen LogP contribution is 2.08. The molecule has 0 radical (unpaired) electrons. The molecular formula is C15H27N5O. The molecule has 1 amide bonds. The van der Waals surface area contributed by atoms with Gasteiger partial charge in [-0.1, -0.05) is 0 Å².